The molecule has 0 amide bonds. The highest BCUT2D eigenvalue weighted by atomic mass is 16.5. The van der Waals surface area contributed by atoms with Gasteiger partial charge in [-0.3, -0.25) is 4.68 Å². The second-order valence-corrected chi connectivity index (χ2v) is 7.39. The normalized spacial score (nSPS) is 10.9. The van der Waals surface area contributed by atoms with Crippen LogP contribution in [0.15, 0.2) is 60.9 Å². The number of benzene rings is 2. The quantitative estimate of drug-likeness (QED) is 0.401. The predicted octanol–water partition coefficient (Wildman–Crippen LogP) is 4.50. The molecule has 0 aliphatic heterocycles. The second-order valence-electron chi connectivity index (χ2n) is 7.39. The van der Waals surface area contributed by atoms with Crippen LogP contribution in [-0.2, 0) is 19.7 Å². The lowest BCUT2D eigenvalue weighted by molar-refractivity contribution is 0.305. The van der Waals surface area contributed by atoms with Crippen molar-refractivity contribution in [3.63, 3.8) is 0 Å². The highest BCUT2D eigenvalue weighted by Gasteiger charge is 2.23. The third-order valence-corrected chi connectivity index (χ3v) is 5.07. The van der Waals surface area contributed by atoms with Gasteiger partial charge in [-0.1, -0.05) is 49.4 Å². The van der Waals surface area contributed by atoms with Gasteiger partial charge in [0.2, 0.25) is 0 Å². The van der Waals surface area contributed by atoms with Crippen LogP contribution in [0.25, 0.3) is 11.5 Å². The fraction of sp³-hybridized carbons (Fsp3) is 0.292. The van der Waals surface area contributed by atoms with Crippen LogP contribution in [0, 0.1) is 6.92 Å². The highest BCUT2D eigenvalue weighted by molar-refractivity contribution is 5.62. The number of hydrogen-bond acceptors (Lipinski definition) is 5. The molecular formula is C24H27N5O2. The van der Waals surface area contributed by atoms with Crippen molar-refractivity contribution < 1.29 is 9.47 Å². The maximum Gasteiger partial charge on any atom is 0.186 e. The Hall–Kier alpha value is -3.61. The van der Waals surface area contributed by atoms with E-state index in [1.54, 1.807) is 13.4 Å². The van der Waals surface area contributed by atoms with Gasteiger partial charge in [0.1, 0.15) is 30.1 Å². The topological polar surface area (TPSA) is 67.0 Å². The Kier molecular flexibility index (Phi) is 6.31. The van der Waals surface area contributed by atoms with E-state index in [0.29, 0.717) is 13.2 Å². The Morgan fingerprint density at radius 3 is 2.45 bits per heavy atom. The van der Waals surface area contributed by atoms with Crippen LogP contribution in [0.3, 0.4) is 0 Å². The fourth-order valence-electron chi connectivity index (χ4n) is 3.54. The first-order valence-electron chi connectivity index (χ1n) is 10.4. The number of ether oxygens (including phenoxy) is 2. The van der Waals surface area contributed by atoms with Crippen molar-refractivity contribution in [3.8, 4) is 23.0 Å². The van der Waals surface area contributed by atoms with Crippen LogP contribution in [0.1, 0.15) is 30.2 Å². The standard InChI is InChI=1S/C24H27N5O2/c1-4-14-29-22(23(18(2)27-29)31-16-20-8-6-5-7-9-20)24-26-25-17-28(24)15-19-10-12-21(30-3)13-11-19/h5-13,17H,4,14-16H2,1-3H3. The number of methoxy groups -OCH3 is 1. The zero-order chi connectivity index (χ0) is 21.6. The van der Waals surface area contributed by atoms with Crippen molar-refractivity contribution in [2.45, 2.75) is 40.0 Å². The molecule has 0 saturated carbocycles. The molecule has 0 aliphatic carbocycles. The molecule has 4 rings (SSSR count). The van der Waals surface area contributed by atoms with E-state index in [1.165, 1.54) is 0 Å². The summed E-state index contributed by atoms with van der Waals surface area (Å²) >= 11 is 0. The zero-order valence-electron chi connectivity index (χ0n) is 18.2. The molecular weight excluding hydrogens is 390 g/mol. The number of aromatic nitrogens is 5. The molecule has 7 nitrogen and oxygen atoms in total. The first-order chi connectivity index (χ1) is 15.2. The fourth-order valence-corrected chi connectivity index (χ4v) is 3.54. The van der Waals surface area contributed by atoms with Gasteiger partial charge in [-0.15, -0.1) is 10.2 Å². The van der Waals surface area contributed by atoms with Gasteiger partial charge in [0.15, 0.2) is 11.6 Å². The number of rotatable bonds is 9. The van der Waals surface area contributed by atoms with Gasteiger partial charge < -0.3 is 14.0 Å². The Bertz CT molecular complexity index is 1120. The largest absolute Gasteiger partial charge is 0.497 e. The summed E-state index contributed by atoms with van der Waals surface area (Å²) in [5.41, 5.74) is 3.95. The van der Waals surface area contributed by atoms with Crippen molar-refractivity contribution in [1.82, 2.24) is 24.5 Å². The highest BCUT2D eigenvalue weighted by Crippen LogP contribution is 2.33. The predicted molar refractivity (Wildman–Crippen MR) is 119 cm³/mol. The monoisotopic (exact) mass is 417 g/mol. The molecule has 160 valence electrons. The first kappa shape index (κ1) is 20.7. The summed E-state index contributed by atoms with van der Waals surface area (Å²) in [6.45, 7) is 5.99. The number of hydrogen-bond donors (Lipinski definition) is 0. The lowest BCUT2D eigenvalue weighted by atomic mass is 10.2. The summed E-state index contributed by atoms with van der Waals surface area (Å²) in [7, 11) is 1.67. The summed E-state index contributed by atoms with van der Waals surface area (Å²) < 4.78 is 15.5. The van der Waals surface area contributed by atoms with Crippen molar-refractivity contribution in [3.05, 3.63) is 77.7 Å². The Balaban J connectivity index is 1.67. The number of aryl methyl sites for hydroxylation is 2. The van der Waals surface area contributed by atoms with Crippen molar-refractivity contribution in [2.24, 2.45) is 0 Å². The SMILES string of the molecule is CCCn1nc(C)c(OCc2ccccc2)c1-c1nncn1Cc1ccc(OC)cc1. The molecule has 0 spiro atoms. The van der Waals surface area contributed by atoms with Gasteiger partial charge in [0, 0.05) is 6.54 Å². The van der Waals surface area contributed by atoms with E-state index >= 15 is 0 Å². The molecule has 0 aliphatic rings. The second kappa shape index (κ2) is 9.47. The molecule has 0 saturated heterocycles. The smallest absolute Gasteiger partial charge is 0.186 e. The Morgan fingerprint density at radius 1 is 0.968 bits per heavy atom. The molecule has 0 atom stereocenters. The van der Waals surface area contributed by atoms with Gasteiger partial charge in [0.25, 0.3) is 0 Å². The summed E-state index contributed by atoms with van der Waals surface area (Å²) in [6, 6.07) is 18.1. The molecule has 0 unspecified atom stereocenters. The molecule has 2 aromatic carbocycles. The minimum atomic E-state index is 0.471. The molecule has 0 radical (unpaired) electrons. The Labute approximate surface area is 182 Å². The maximum atomic E-state index is 6.26. The van der Waals surface area contributed by atoms with Crippen LogP contribution < -0.4 is 9.47 Å². The van der Waals surface area contributed by atoms with Crippen LogP contribution in [-0.4, -0.2) is 31.7 Å². The summed E-state index contributed by atoms with van der Waals surface area (Å²) in [5, 5.41) is 13.4. The van der Waals surface area contributed by atoms with Crippen molar-refractivity contribution >= 4 is 0 Å². The minimum Gasteiger partial charge on any atom is -0.497 e. The van der Waals surface area contributed by atoms with Crippen molar-refractivity contribution in [2.75, 3.05) is 7.11 Å². The lowest BCUT2D eigenvalue weighted by Crippen LogP contribution is -2.08. The minimum absolute atomic E-state index is 0.471. The van der Waals surface area contributed by atoms with E-state index in [1.807, 2.05) is 58.6 Å². The average molecular weight is 418 g/mol. The van der Waals surface area contributed by atoms with Crippen LogP contribution in [0.5, 0.6) is 11.5 Å². The van der Waals surface area contributed by atoms with E-state index in [0.717, 1.165) is 52.8 Å². The van der Waals surface area contributed by atoms with Gasteiger partial charge in [-0.05, 0) is 36.6 Å². The summed E-state index contributed by atoms with van der Waals surface area (Å²) in [4.78, 5) is 0. The van der Waals surface area contributed by atoms with Gasteiger partial charge in [-0.25, -0.2) is 0 Å². The molecule has 0 fully saturated rings. The van der Waals surface area contributed by atoms with E-state index in [4.69, 9.17) is 14.6 Å². The Morgan fingerprint density at radius 2 is 1.74 bits per heavy atom. The number of nitrogens with zero attached hydrogens (tertiary/aromatic N) is 5. The maximum absolute atomic E-state index is 6.26. The van der Waals surface area contributed by atoms with Gasteiger partial charge >= 0.3 is 0 Å². The van der Waals surface area contributed by atoms with Crippen molar-refractivity contribution in [1.29, 1.82) is 0 Å². The van der Waals surface area contributed by atoms with Crippen LogP contribution >= 0.6 is 0 Å². The van der Waals surface area contributed by atoms with Gasteiger partial charge in [-0.2, -0.15) is 5.10 Å². The molecule has 31 heavy (non-hydrogen) atoms. The molecule has 7 heteroatoms. The van der Waals surface area contributed by atoms with Gasteiger partial charge in [0.05, 0.1) is 13.7 Å². The van der Waals surface area contributed by atoms with E-state index in [-0.39, 0.29) is 0 Å². The molecule has 2 aromatic heterocycles. The first-order valence-corrected chi connectivity index (χ1v) is 10.4. The summed E-state index contributed by atoms with van der Waals surface area (Å²) in [6.07, 6.45) is 2.71. The van der Waals surface area contributed by atoms with E-state index in [9.17, 15) is 0 Å². The van der Waals surface area contributed by atoms with Crippen LogP contribution in [0.4, 0.5) is 0 Å². The molecule has 0 N–H and O–H groups in total. The van der Waals surface area contributed by atoms with E-state index in [2.05, 4.69) is 29.3 Å². The molecule has 4 aromatic rings. The average Bonchev–Trinajstić information content (AvgIpc) is 3.37. The molecule has 2 heterocycles. The van der Waals surface area contributed by atoms with Crippen LogP contribution in [0.2, 0.25) is 0 Å². The lowest BCUT2D eigenvalue weighted by Gasteiger charge is -2.12. The summed E-state index contributed by atoms with van der Waals surface area (Å²) in [5.74, 6) is 2.33. The zero-order valence-corrected chi connectivity index (χ0v) is 18.2. The third-order valence-electron chi connectivity index (χ3n) is 5.07. The van der Waals surface area contributed by atoms with E-state index < -0.39 is 0 Å². The third kappa shape index (κ3) is 4.60. The molecule has 0 bridgehead atoms.